The number of methoxy groups -OCH3 is 3. The Labute approximate surface area is 128 Å². The number of benzene rings is 1. The smallest absolute Gasteiger partial charge is 0.123 e. The van der Waals surface area contributed by atoms with E-state index in [9.17, 15) is 0 Å². The molecule has 1 aromatic carbocycles. The fourth-order valence-corrected chi connectivity index (χ4v) is 2.53. The van der Waals surface area contributed by atoms with E-state index in [0.717, 1.165) is 24.4 Å². The van der Waals surface area contributed by atoms with Gasteiger partial charge in [-0.1, -0.05) is 18.2 Å². The van der Waals surface area contributed by atoms with Crippen LogP contribution in [0.3, 0.4) is 0 Å². The molecule has 0 amide bonds. The van der Waals surface area contributed by atoms with E-state index in [1.54, 1.807) is 21.3 Å². The van der Waals surface area contributed by atoms with Crippen molar-refractivity contribution in [3.8, 4) is 5.75 Å². The molecule has 120 valence electrons. The molecular formula is C16H28N2O3. The van der Waals surface area contributed by atoms with E-state index in [1.807, 2.05) is 25.1 Å². The van der Waals surface area contributed by atoms with E-state index in [0.29, 0.717) is 13.2 Å². The Balaban J connectivity index is 3.04. The molecule has 2 unspecified atom stereocenters. The first-order valence-corrected chi connectivity index (χ1v) is 7.26. The summed E-state index contributed by atoms with van der Waals surface area (Å²) in [6.07, 6.45) is 0. The molecule has 5 nitrogen and oxygen atoms in total. The largest absolute Gasteiger partial charge is 0.496 e. The summed E-state index contributed by atoms with van der Waals surface area (Å²) >= 11 is 0. The van der Waals surface area contributed by atoms with Gasteiger partial charge < -0.3 is 19.9 Å². The van der Waals surface area contributed by atoms with Gasteiger partial charge >= 0.3 is 0 Å². The molecule has 2 atom stereocenters. The number of para-hydroxylation sites is 1. The summed E-state index contributed by atoms with van der Waals surface area (Å²) in [7, 11) is 5.10. The second-order valence-electron chi connectivity index (χ2n) is 5.07. The van der Waals surface area contributed by atoms with Gasteiger partial charge in [0.2, 0.25) is 0 Å². The molecule has 0 spiro atoms. The molecule has 0 aromatic heterocycles. The molecule has 2 N–H and O–H groups in total. The fourth-order valence-electron chi connectivity index (χ4n) is 2.53. The Hall–Kier alpha value is -1.14. The summed E-state index contributed by atoms with van der Waals surface area (Å²) in [5.74, 6) is 0.861. The highest BCUT2D eigenvalue weighted by molar-refractivity contribution is 5.36. The minimum Gasteiger partial charge on any atom is -0.496 e. The third kappa shape index (κ3) is 5.28. The van der Waals surface area contributed by atoms with Crippen LogP contribution in [0, 0.1) is 0 Å². The predicted molar refractivity (Wildman–Crippen MR) is 84.7 cm³/mol. The second kappa shape index (κ2) is 9.73. The maximum absolute atomic E-state index is 6.26. The molecular weight excluding hydrogens is 268 g/mol. The molecule has 1 aromatic rings. The highest BCUT2D eigenvalue weighted by Gasteiger charge is 2.26. The Morgan fingerprint density at radius 2 is 1.62 bits per heavy atom. The van der Waals surface area contributed by atoms with Gasteiger partial charge in [-0.25, -0.2) is 0 Å². The Bertz CT molecular complexity index is 391. The number of hydrogen-bond acceptors (Lipinski definition) is 5. The summed E-state index contributed by atoms with van der Waals surface area (Å²) in [6.45, 7) is 4.92. The van der Waals surface area contributed by atoms with E-state index in [4.69, 9.17) is 19.9 Å². The number of ether oxygens (including phenoxy) is 3. The number of hydrogen-bond donors (Lipinski definition) is 1. The molecule has 5 heteroatoms. The number of nitrogens with zero attached hydrogens (tertiary/aromatic N) is 1. The lowest BCUT2D eigenvalue weighted by Gasteiger charge is -2.35. The van der Waals surface area contributed by atoms with Crippen LogP contribution in [0.1, 0.15) is 18.5 Å². The van der Waals surface area contributed by atoms with E-state index >= 15 is 0 Å². The molecule has 0 aliphatic carbocycles. The monoisotopic (exact) mass is 296 g/mol. The first-order valence-electron chi connectivity index (χ1n) is 7.26. The van der Waals surface area contributed by atoms with Gasteiger partial charge in [-0.05, 0) is 13.0 Å². The summed E-state index contributed by atoms with van der Waals surface area (Å²) < 4.78 is 15.9. The third-order valence-corrected chi connectivity index (χ3v) is 3.51. The molecule has 0 aliphatic rings. The van der Waals surface area contributed by atoms with Crippen molar-refractivity contribution in [3.63, 3.8) is 0 Å². The minimum atomic E-state index is -0.0324. The van der Waals surface area contributed by atoms with Gasteiger partial charge in [0.05, 0.1) is 26.4 Å². The van der Waals surface area contributed by atoms with E-state index in [1.165, 1.54) is 0 Å². The Kier molecular flexibility index (Phi) is 8.30. The van der Waals surface area contributed by atoms with E-state index in [2.05, 4.69) is 11.0 Å². The van der Waals surface area contributed by atoms with Crippen LogP contribution < -0.4 is 10.5 Å². The van der Waals surface area contributed by atoms with Crippen molar-refractivity contribution in [2.24, 2.45) is 5.73 Å². The van der Waals surface area contributed by atoms with Gasteiger partial charge in [0.1, 0.15) is 5.75 Å². The molecule has 1 rings (SSSR count). The summed E-state index contributed by atoms with van der Waals surface area (Å²) in [4.78, 5) is 2.29. The quantitative estimate of drug-likeness (QED) is 0.712. The number of rotatable bonds is 10. The maximum atomic E-state index is 6.26. The molecule has 0 saturated carbocycles. The van der Waals surface area contributed by atoms with Crippen molar-refractivity contribution >= 4 is 0 Å². The SMILES string of the molecule is COCCN(CCOC)C(c1ccccc1OC)C(C)N. The Morgan fingerprint density at radius 1 is 1.05 bits per heavy atom. The highest BCUT2D eigenvalue weighted by atomic mass is 16.5. The van der Waals surface area contributed by atoms with Gasteiger partial charge in [-0.2, -0.15) is 0 Å². The van der Waals surface area contributed by atoms with Crippen molar-refractivity contribution in [2.45, 2.75) is 19.0 Å². The zero-order valence-corrected chi connectivity index (χ0v) is 13.5. The maximum Gasteiger partial charge on any atom is 0.123 e. The van der Waals surface area contributed by atoms with Crippen molar-refractivity contribution < 1.29 is 14.2 Å². The molecule has 0 radical (unpaired) electrons. The van der Waals surface area contributed by atoms with Crippen molar-refractivity contribution in [1.82, 2.24) is 4.90 Å². The molecule has 0 fully saturated rings. The lowest BCUT2D eigenvalue weighted by Crippen LogP contribution is -2.42. The van der Waals surface area contributed by atoms with Crippen molar-refractivity contribution in [3.05, 3.63) is 29.8 Å². The molecule has 0 bridgehead atoms. The van der Waals surface area contributed by atoms with Crippen LogP contribution in [-0.2, 0) is 9.47 Å². The van der Waals surface area contributed by atoms with Crippen LogP contribution in [0.15, 0.2) is 24.3 Å². The standard InChI is InChI=1S/C16H28N2O3/c1-13(17)16(14-7-5-6-8-15(14)21-4)18(9-11-19-2)10-12-20-3/h5-8,13,16H,9-12,17H2,1-4H3. The summed E-state index contributed by atoms with van der Waals surface area (Å²) in [5, 5.41) is 0. The zero-order chi connectivity index (χ0) is 15.7. The lowest BCUT2D eigenvalue weighted by molar-refractivity contribution is 0.0792. The zero-order valence-electron chi connectivity index (χ0n) is 13.5. The van der Waals surface area contributed by atoms with E-state index < -0.39 is 0 Å². The van der Waals surface area contributed by atoms with Crippen molar-refractivity contribution in [1.29, 1.82) is 0 Å². The average Bonchev–Trinajstić information content (AvgIpc) is 2.49. The van der Waals surface area contributed by atoms with Gasteiger partial charge in [-0.15, -0.1) is 0 Å². The van der Waals surface area contributed by atoms with Crippen LogP contribution >= 0.6 is 0 Å². The van der Waals surface area contributed by atoms with Crippen LogP contribution in [-0.4, -0.2) is 58.6 Å². The van der Waals surface area contributed by atoms with Gasteiger partial charge in [0, 0.05) is 38.9 Å². The third-order valence-electron chi connectivity index (χ3n) is 3.51. The van der Waals surface area contributed by atoms with Crippen LogP contribution in [0.25, 0.3) is 0 Å². The number of nitrogens with two attached hydrogens (primary N) is 1. The van der Waals surface area contributed by atoms with Gasteiger partial charge in [0.15, 0.2) is 0 Å². The molecule has 21 heavy (non-hydrogen) atoms. The van der Waals surface area contributed by atoms with Crippen molar-refractivity contribution in [2.75, 3.05) is 47.6 Å². The normalized spacial score (nSPS) is 14.2. The lowest BCUT2D eigenvalue weighted by atomic mass is 9.98. The first-order chi connectivity index (χ1) is 10.2. The molecule has 0 heterocycles. The highest BCUT2D eigenvalue weighted by Crippen LogP contribution is 2.31. The molecule has 0 aliphatic heterocycles. The Morgan fingerprint density at radius 3 is 2.10 bits per heavy atom. The van der Waals surface area contributed by atoms with E-state index in [-0.39, 0.29) is 12.1 Å². The first kappa shape index (κ1) is 17.9. The summed E-state index contributed by atoms with van der Waals surface area (Å²) in [5.41, 5.74) is 7.36. The van der Waals surface area contributed by atoms with Crippen LogP contribution in [0.4, 0.5) is 0 Å². The molecule has 0 saturated heterocycles. The average molecular weight is 296 g/mol. The van der Waals surface area contributed by atoms with Crippen LogP contribution in [0.2, 0.25) is 0 Å². The van der Waals surface area contributed by atoms with Gasteiger partial charge in [-0.3, -0.25) is 4.90 Å². The fraction of sp³-hybridized carbons (Fsp3) is 0.625. The summed E-state index contributed by atoms with van der Waals surface area (Å²) in [6, 6.07) is 8.05. The van der Waals surface area contributed by atoms with Crippen LogP contribution in [0.5, 0.6) is 5.75 Å². The predicted octanol–water partition coefficient (Wildman–Crippen LogP) is 1.68. The minimum absolute atomic E-state index is 0.0324. The van der Waals surface area contributed by atoms with Gasteiger partial charge in [0.25, 0.3) is 0 Å². The second-order valence-corrected chi connectivity index (χ2v) is 5.07. The topological polar surface area (TPSA) is 57.0 Å².